The zero-order chi connectivity index (χ0) is 12.4. The Morgan fingerprint density at radius 2 is 1.72 bits per heavy atom. The summed E-state index contributed by atoms with van der Waals surface area (Å²) < 4.78 is 2.28. The minimum Gasteiger partial charge on any atom is -0.398 e. The van der Waals surface area contributed by atoms with E-state index in [4.69, 9.17) is 5.73 Å². The second-order valence-electron chi connectivity index (χ2n) is 5.18. The fourth-order valence-electron chi connectivity index (χ4n) is 2.43. The van der Waals surface area contributed by atoms with Gasteiger partial charge in [-0.15, -0.1) is 0 Å². The topological polar surface area (TPSA) is 29.9 Å². The first kappa shape index (κ1) is 11.3. The molecule has 0 amide bonds. The van der Waals surface area contributed by atoms with Gasteiger partial charge in [0.05, 0.1) is 0 Å². The van der Waals surface area contributed by atoms with E-state index >= 15 is 0 Å². The van der Waals surface area contributed by atoms with Crippen LogP contribution in [0.1, 0.15) is 30.9 Å². The van der Waals surface area contributed by atoms with Crippen molar-refractivity contribution in [3.63, 3.8) is 0 Å². The Morgan fingerprint density at radius 3 is 2.33 bits per heavy atom. The lowest BCUT2D eigenvalue weighted by Gasteiger charge is -2.12. The molecule has 18 heavy (non-hydrogen) atoms. The smallest absolute Gasteiger partial charge is 0.183 e. The fourth-order valence-corrected chi connectivity index (χ4v) is 2.43. The van der Waals surface area contributed by atoms with Gasteiger partial charge in [0, 0.05) is 29.8 Å². The summed E-state index contributed by atoms with van der Waals surface area (Å²) in [7, 11) is 0. The van der Waals surface area contributed by atoms with Gasteiger partial charge in [-0.25, -0.2) is 0 Å². The van der Waals surface area contributed by atoms with Crippen LogP contribution >= 0.6 is 0 Å². The third-order valence-corrected chi connectivity index (χ3v) is 3.68. The Kier molecular flexibility index (Phi) is 3.01. The molecule has 1 aliphatic rings. The molecule has 2 N–H and O–H groups in total. The van der Waals surface area contributed by atoms with Crippen LogP contribution in [0.15, 0.2) is 54.9 Å². The van der Waals surface area contributed by atoms with E-state index in [9.17, 15) is 0 Å². The second-order valence-corrected chi connectivity index (χ2v) is 5.18. The fraction of sp³-hybridized carbons (Fsp3) is 0.312. The van der Waals surface area contributed by atoms with Crippen LogP contribution in [0.5, 0.6) is 0 Å². The molecular weight excluding hydrogens is 220 g/mol. The number of hydrogen-bond acceptors (Lipinski definition) is 1. The molecule has 3 rings (SSSR count). The zero-order valence-electron chi connectivity index (χ0n) is 10.5. The summed E-state index contributed by atoms with van der Waals surface area (Å²) in [5.41, 5.74) is 7.98. The van der Waals surface area contributed by atoms with Crippen molar-refractivity contribution in [2.75, 3.05) is 5.73 Å². The van der Waals surface area contributed by atoms with Crippen molar-refractivity contribution < 1.29 is 4.57 Å². The van der Waals surface area contributed by atoms with Crippen molar-refractivity contribution in [1.82, 2.24) is 0 Å². The number of anilines is 1. The van der Waals surface area contributed by atoms with E-state index < -0.39 is 0 Å². The normalized spacial score (nSPS) is 16.4. The summed E-state index contributed by atoms with van der Waals surface area (Å²) in [5.74, 6) is 0.903. The van der Waals surface area contributed by atoms with Crippen LogP contribution in [0.4, 0.5) is 5.69 Å². The number of benzene rings is 1. The predicted molar refractivity (Wildman–Crippen MR) is 73.0 cm³/mol. The Hall–Kier alpha value is -1.83. The number of hydrogen-bond donors (Lipinski definition) is 1. The predicted octanol–water partition coefficient (Wildman–Crippen LogP) is 2.95. The second kappa shape index (κ2) is 4.81. The van der Waals surface area contributed by atoms with Crippen LogP contribution in [-0.2, 0) is 0 Å². The van der Waals surface area contributed by atoms with Crippen molar-refractivity contribution in [2.45, 2.75) is 25.3 Å². The van der Waals surface area contributed by atoms with Crippen LogP contribution in [0, 0.1) is 5.92 Å². The molecule has 1 aliphatic carbocycles. The molecule has 2 heteroatoms. The molecule has 1 unspecified atom stereocenters. The molecule has 1 atom stereocenters. The number of aromatic nitrogens is 1. The molecule has 1 saturated carbocycles. The zero-order valence-corrected chi connectivity index (χ0v) is 10.5. The van der Waals surface area contributed by atoms with E-state index in [1.54, 1.807) is 0 Å². The average Bonchev–Trinajstić information content (AvgIpc) is 3.22. The van der Waals surface area contributed by atoms with Gasteiger partial charge in [-0.1, -0.05) is 30.3 Å². The maximum absolute atomic E-state index is 5.77. The molecule has 0 saturated heterocycles. The monoisotopic (exact) mass is 239 g/mol. The SMILES string of the molecule is Nc1cc[n+](C(CC2CC2)c2ccccc2)cc1. The molecule has 1 aromatic carbocycles. The highest BCUT2D eigenvalue weighted by Crippen LogP contribution is 2.37. The third kappa shape index (κ3) is 2.53. The minimum atomic E-state index is 0.444. The van der Waals surface area contributed by atoms with E-state index in [1.165, 1.54) is 24.8 Å². The van der Waals surface area contributed by atoms with Gasteiger partial charge in [-0.05, 0) is 18.8 Å². The minimum absolute atomic E-state index is 0.444. The van der Waals surface area contributed by atoms with Gasteiger partial charge in [0.2, 0.25) is 0 Å². The van der Waals surface area contributed by atoms with Crippen molar-refractivity contribution in [2.24, 2.45) is 5.92 Å². The summed E-state index contributed by atoms with van der Waals surface area (Å²) in [6, 6.07) is 15.1. The van der Waals surface area contributed by atoms with Gasteiger partial charge in [-0.2, -0.15) is 4.57 Å². The summed E-state index contributed by atoms with van der Waals surface area (Å²) in [6.45, 7) is 0. The van der Waals surface area contributed by atoms with Crippen LogP contribution in [0.2, 0.25) is 0 Å². The van der Waals surface area contributed by atoms with Crippen LogP contribution in [0.3, 0.4) is 0 Å². The van der Waals surface area contributed by atoms with E-state index in [-0.39, 0.29) is 0 Å². The van der Waals surface area contributed by atoms with Crippen LogP contribution in [0.25, 0.3) is 0 Å². The van der Waals surface area contributed by atoms with Gasteiger partial charge >= 0.3 is 0 Å². The van der Waals surface area contributed by atoms with Crippen LogP contribution < -0.4 is 10.3 Å². The summed E-state index contributed by atoms with van der Waals surface area (Å²) in [5, 5.41) is 0. The van der Waals surface area contributed by atoms with Crippen molar-refractivity contribution >= 4 is 5.69 Å². The lowest BCUT2D eigenvalue weighted by atomic mass is 10.0. The highest BCUT2D eigenvalue weighted by atomic mass is 15.0. The van der Waals surface area contributed by atoms with Crippen molar-refractivity contribution in [3.05, 3.63) is 60.4 Å². The standard InChI is InChI=1S/C16H18N2/c17-15-8-10-18(11-9-15)16(12-13-6-7-13)14-4-2-1-3-5-14/h1-5,8-11,13,16-17H,6-7,12H2/p+1. The maximum atomic E-state index is 5.77. The Labute approximate surface area is 108 Å². The first-order chi connectivity index (χ1) is 8.83. The summed E-state index contributed by atoms with van der Waals surface area (Å²) in [6.07, 6.45) is 8.20. The molecule has 0 aliphatic heterocycles. The number of nitrogens with zero attached hydrogens (tertiary/aromatic N) is 1. The quantitative estimate of drug-likeness (QED) is 0.817. The van der Waals surface area contributed by atoms with Gasteiger partial charge in [-0.3, -0.25) is 0 Å². The summed E-state index contributed by atoms with van der Waals surface area (Å²) in [4.78, 5) is 0. The molecule has 0 radical (unpaired) electrons. The Bertz CT molecular complexity index is 500. The van der Waals surface area contributed by atoms with E-state index in [0.717, 1.165) is 11.6 Å². The first-order valence-corrected chi connectivity index (χ1v) is 6.64. The molecule has 1 fully saturated rings. The molecule has 92 valence electrons. The molecule has 0 bridgehead atoms. The van der Waals surface area contributed by atoms with Gasteiger partial charge in [0.1, 0.15) is 0 Å². The number of nitrogen functional groups attached to an aromatic ring is 1. The highest BCUT2D eigenvalue weighted by Gasteiger charge is 2.31. The molecule has 2 nitrogen and oxygen atoms in total. The number of pyridine rings is 1. The highest BCUT2D eigenvalue weighted by molar-refractivity contribution is 5.32. The Balaban J connectivity index is 1.91. The molecule has 0 spiro atoms. The average molecular weight is 239 g/mol. The summed E-state index contributed by atoms with van der Waals surface area (Å²) >= 11 is 0. The van der Waals surface area contributed by atoms with Crippen molar-refractivity contribution in [1.29, 1.82) is 0 Å². The maximum Gasteiger partial charge on any atom is 0.183 e. The van der Waals surface area contributed by atoms with E-state index in [0.29, 0.717) is 6.04 Å². The third-order valence-electron chi connectivity index (χ3n) is 3.68. The van der Waals surface area contributed by atoms with E-state index in [1.807, 2.05) is 12.1 Å². The van der Waals surface area contributed by atoms with Gasteiger partial charge in [0.25, 0.3) is 0 Å². The Morgan fingerprint density at radius 1 is 1.06 bits per heavy atom. The van der Waals surface area contributed by atoms with Crippen molar-refractivity contribution in [3.8, 4) is 0 Å². The van der Waals surface area contributed by atoms with Gasteiger partial charge in [0.15, 0.2) is 18.4 Å². The van der Waals surface area contributed by atoms with Gasteiger partial charge < -0.3 is 5.73 Å². The first-order valence-electron chi connectivity index (χ1n) is 6.64. The largest absolute Gasteiger partial charge is 0.398 e. The number of rotatable bonds is 4. The molecular formula is C16H19N2+. The van der Waals surface area contributed by atoms with Crippen LogP contribution in [-0.4, -0.2) is 0 Å². The number of nitrogens with two attached hydrogens (primary N) is 1. The lowest BCUT2D eigenvalue weighted by molar-refractivity contribution is -0.714. The van der Waals surface area contributed by atoms with E-state index in [2.05, 4.69) is 47.3 Å². The molecule has 1 aromatic heterocycles. The molecule has 2 aromatic rings. The lowest BCUT2D eigenvalue weighted by Crippen LogP contribution is -2.39. The molecule has 1 heterocycles.